The number of aryl methyl sites for hydroxylation is 2. The summed E-state index contributed by atoms with van der Waals surface area (Å²) in [5.41, 5.74) is 3.63. The quantitative estimate of drug-likeness (QED) is 0.754. The Bertz CT molecular complexity index is 867. The SMILES string of the molecule is CCCc1c(C(=O)O)sc2nc(-c3ccc(Cl)c(C)c3)cn12. The van der Waals surface area contributed by atoms with Gasteiger partial charge >= 0.3 is 5.97 Å². The minimum absolute atomic E-state index is 0.378. The van der Waals surface area contributed by atoms with Gasteiger partial charge in [0.15, 0.2) is 4.96 Å². The first kappa shape index (κ1) is 15.1. The number of imidazole rings is 1. The number of carbonyl (C=O) groups is 1. The fraction of sp³-hybridized carbons (Fsp3) is 0.250. The van der Waals surface area contributed by atoms with Crippen LogP contribution in [0, 0.1) is 6.92 Å². The summed E-state index contributed by atoms with van der Waals surface area (Å²) in [7, 11) is 0. The van der Waals surface area contributed by atoms with E-state index in [9.17, 15) is 9.90 Å². The van der Waals surface area contributed by atoms with Crippen LogP contribution in [0.3, 0.4) is 0 Å². The fourth-order valence-corrected chi connectivity index (χ4v) is 3.58. The van der Waals surface area contributed by atoms with Gasteiger partial charge in [0.2, 0.25) is 0 Å². The molecule has 0 aliphatic heterocycles. The minimum atomic E-state index is -0.886. The number of carboxylic acids is 1. The molecular weight excluding hydrogens is 320 g/mol. The van der Waals surface area contributed by atoms with Crippen LogP contribution in [-0.2, 0) is 6.42 Å². The lowest BCUT2D eigenvalue weighted by molar-refractivity contribution is 0.0700. The molecule has 3 aromatic rings. The van der Waals surface area contributed by atoms with Crippen LogP contribution < -0.4 is 0 Å². The molecule has 0 unspecified atom stereocenters. The van der Waals surface area contributed by atoms with Crippen molar-refractivity contribution in [2.75, 3.05) is 0 Å². The summed E-state index contributed by atoms with van der Waals surface area (Å²) < 4.78 is 1.90. The maximum Gasteiger partial charge on any atom is 0.347 e. The maximum atomic E-state index is 11.4. The van der Waals surface area contributed by atoms with E-state index in [4.69, 9.17) is 11.6 Å². The third-order valence-electron chi connectivity index (χ3n) is 3.55. The molecule has 0 fully saturated rings. The van der Waals surface area contributed by atoms with Crippen molar-refractivity contribution in [2.45, 2.75) is 26.7 Å². The van der Waals surface area contributed by atoms with Gasteiger partial charge in [-0.1, -0.05) is 42.3 Å². The number of halogens is 1. The third kappa shape index (κ3) is 2.51. The van der Waals surface area contributed by atoms with Gasteiger partial charge < -0.3 is 5.11 Å². The molecule has 0 bridgehead atoms. The number of aromatic nitrogens is 2. The first-order valence-electron chi connectivity index (χ1n) is 7.01. The molecule has 1 aromatic carbocycles. The maximum absolute atomic E-state index is 11.4. The average Bonchev–Trinajstić information content (AvgIpc) is 3.01. The van der Waals surface area contributed by atoms with Crippen molar-refractivity contribution in [2.24, 2.45) is 0 Å². The first-order valence-corrected chi connectivity index (χ1v) is 8.21. The number of rotatable bonds is 4. The number of carboxylic acid groups (broad SMARTS) is 1. The van der Waals surface area contributed by atoms with Gasteiger partial charge in [-0.15, -0.1) is 0 Å². The fourth-order valence-electron chi connectivity index (χ4n) is 2.47. The van der Waals surface area contributed by atoms with Crippen LogP contribution in [0.25, 0.3) is 16.2 Å². The standard InChI is InChI=1S/C16H15ClN2O2S/c1-3-4-13-14(15(20)21)22-16-18-12(8-19(13)16)10-5-6-11(17)9(2)7-10/h5-8H,3-4H2,1-2H3,(H,20,21). The lowest BCUT2D eigenvalue weighted by Gasteiger charge is -2.01. The number of aromatic carboxylic acids is 1. The lowest BCUT2D eigenvalue weighted by Crippen LogP contribution is -2.00. The predicted octanol–water partition coefficient (Wildman–Crippen LogP) is 4.68. The lowest BCUT2D eigenvalue weighted by atomic mass is 10.1. The van der Waals surface area contributed by atoms with E-state index in [2.05, 4.69) is 4.98 Å². The van der Waals surface area contributed by atoms with E-state index in [0.29, 0.717) is 9.84 Å². The van der Waals surface area contributed by atoms with Crippen molar-refractivity contribution in [1.29, 1.82) is 0 Å². The van der Waals surface area contributed by atoms with Gasteiger partial charge in [0.25, 0.3) is 0 Å². The Hall–Kier alpha value is -1.85. The van der Waals surface area contributed by atoms with E-state index in [-0.39, 0.29) is 0 Å². The normalized spacial score (nSPS) is 11.2. The van der Waals surface area contributed by atoms with Crippen molar-refractivity contribution < 1.29 is 9.90 Å². The summed E-state index contributed by atoms with van der Waals surface area (Å²) in [6, 6.07) is 5.78. The second-order valence-electron chi connectivity index (χ2n) is 5.18. The van der Waals surface area contributed by atoms with Crippen LogP contribution in [0.5, 0.6) is 0 Å². The number of hydrogen-bond donors (Lipinski definition) is 1. The van der Waals surface area contributed by atoms with Gasteiger partial charge in [0.1, 0.15) is 4.88 Å². The summed E-state index contributed by atoms with van der Waals surface area (Å²) >= 11 is 7.28. The molecule has 3 rings (SSSR count). The van der Waals surface area contributed by atoms with Crippen LogP contribution in [0.4, 0.5) is 0 Å². The highest BCUT2D eigenvalue weighted by Crippen LogP contribution is 2.29. The number of nitrogens with zero attached hydrogens (tertiary/aromatic N) is 2. The highest BCUT2D eigenvalue weighted by molar-refractivity contribution is 7.19. The van der Waals surface area contributed by atoms with Gasteiger partial charge in [-0.2, -0.15) is 0 Å². The topological polar surface area (TPSA) is 54.6 Å². The number of fused-ring (bicyclic) bond motifs is 1. The van der Waals surface area contributed by atoms with E-state index in [1.807, 2.05) is 42.6 Å². The number of thiazole rings is 1. The molecule has 2 aromatic heterocycles. The first-order chi connectivity index (χ1) is 10.5. The van der Waals surface area contributed by atoms with Gasteiger partial charge in [0, 0.05) is 22.5 Å². The van der Waals surface area contributed by atoms with E-state index < -0.39 is 5.97 Å². The Labute approximate surface area is 137 Å². The van der Waals surface area contributed by atoms with Crippen LogP contribution in [-0.4, -0.2) is 20.5 Å². The molecule has 4 nitrogen and oxygen atoms in total. The monoisotopic (exact) mass is 334 g/mol. The number of benzene rings is 1. The van der Waals surface area contributed by atoms with Crippen LogP contribution >= 0.6 is 22.9 Å². The molecule has 0 saturated heterocycles. The largest absolute Gasteiger partial charge is 0.477 e. The number of hydrogen-bond acceptors (Lipinski definition) is 3. The molecular formula is C16H15ClN2O2S. The molecule has 0 aliphatic carbocycles. The third-order valence-corrected chi connectivity index (χ3v) is 5.06. The molecule has 0 radical (unpaired) electrons. The molecule has 0 saturated carbocycles. The summed E-state index contributed by atoms with van der Waals surface area (Å²) in [6.45, 7) is 3.99. The smallest absolute Gasteiger partial charge is 0.347 e. The van der Waals surface area contributed by atoms with Crippen molar-refractivity contribution >= 4 is 33.9 Å². The molecule has 2 heterocycles. The highest BCUT2D eigenvalue weighted by atomic mass is 35.5. The molecule has 114 valence electrons. The van der Waals surface area contributed by atoms with Crippen molar-refractivity contribution in [3.63, 3.8) is 0 Å². The van der Waals surface area contributed by atoms with Gasteiger partial charge in [-0.05, 0) is 31.0 Å². The summed E-state index contributed by atoms with van der Waals surface area (Å²) in [4.78, 5) is 17.0. The van der Waals surface area contributed by atoms with Gasteiger partial charge in [0.05, 0.1) is 5.69 Å². The van der Waals surface area contributed by atoms with Crippen molar-refractivity contribution in [3.05, 3.63) is 45.6 Å². The van der Waals surface area contributed by atoms with Gasteiger partial charge in [-0.25, -0.2) is 9.78 Å². The van der Waals surface area contributed by atoms with E-state index >= 15 is 0 Å². The zero-order chi connectivity index (χ0) is 15.9. The second kappa shape index (κ2) is 5.74. The summed E-state index contributed by atoms with van der Waals surface area (Å²) in [5, 5.41) is 10.0. The predicted molar refractivity (Wildman–Crippen MR) is 89.2 cm³/mol. The summed E-state index contributed by atoms with van der Waals surface area (Å²) in [6.07, 6.45) is 3.52. The van der Waals surface area contributed by atoms with Crippen molar-refractivity contribution in [3.8, 4) is 11.3 Å². The van der Waals surface area contributed by atoms with Crippen LogP contribution in [0.2, 0.25) is 5.02 Å². The molecule has 0 aliphatic rings. The van der Waals surface area contributed by atoms with Gasteiger partial charge in [-0.3, -0.25) is 4.40 Å². The second-order valence-corrected chi connectivity index (χ2v) is 6.56. The molecule has 6 heteroatoms. The van der Waals surface area contributed by atoms with Crippen LogP contribution in [0.1, 0.15) is 34.3 Å². The molecule has 1 N–H and O–H groups in total. The highest BCUT2D eigenvalue weighted by Gasteiger charge is 2.19. The van der Waals surface area contributed by atoms with E-state index in [1.165, 1.54) is 11.3 Å². The Morgan fingerprint density at radius 2 is 2.23 bits per heavy atom. The van der Waals surface area contributed by atoms with E-state index in [0.717, 1.165) is 40.4 Å². The zero-order valence-corrected chi connectivity index (χ0v) is 13.8. The van der Waals surface area contributed by atoms with Crippen molar-refractivity contribution in [1.82, 2.24) is 9.38 Å². The Kier molecular flexibility index (Phi) is 3.93. The average molecular weight is 335 g/mol. The molecule has 22 heavy (non-hydrogen) atoms. The molecule has 0 atom stereocenters. The minimum Gasteiger partial charge on any atom is -0.477 e. The molecule has 0 spiro atoms. The Morgan fingerprint density at radius 3 is 2.86 bits per heavy atom. The Balaban J connectivity index is 2.13. The zero-order valence-electron chi connectivity index (χ0n) is 12.3. The molecule has 0 amide bonds. The summed E-state index contributed by atoms with van der Waals surface area (Å²) in [5.74, 6) is -0.886. The van der Waals surface area contributed by atoms with Crippen LogP contribution in [0.15, 0.2) is 24.4 Å². The van der Waals surface area contributed by atoms with E-state index in [1.54, 1.807) is 0 Å². The Morgan fingerprint density at radius 1 is 1.45 bits per heavy atom.